The van der Waals surface area contributed by atoms with E-state index in [2.05, 4.69) is 33.9 Å². The molecule has 1 unspecified atom stereocenters. The van der Waals surface area contributed by atoms with Gasteiger partial charge in [-0.15, -0.1) is 0 Å². The van der Waals surface area contributed by atoms with Crippen LogP contribution in [0.2, 0.25) is 0 Å². The number of amides is 2. The molecule has 1 N–H and O–H groups in total. The number of likely N-dealkylation sites (N-methyl/N-ethyl adjacent to an activating group) is 1. The molecule has 2 aromatic rings. The van der Waals surface area contributed by atoms with Crippen LogP contribution in [0.4, 0.5) is 4.79 Å². The third kappa shape index (κ3) is 4.58. The first-order chi connectivity index (χ1) is 11.0. The summed E-state index contributed by atoms with van der Waals surface area (Å²) in [7, 11) is 3.85. The highest BCUT2D eigenvalue weighted by atomic mass is 16.2. The van der Waals surface area contributed by atoms with Gasteiger partial charge in [0.1, 0.15) is 0 Å². The molecular formula is C18H26N4O. The average Bonchev–Trinajstić information content (AvgIpc) is 2.94. The van der Waals surface area contributed by atoms with Crippen molar-refractivity contribution < 1.29 is 4.79 Å². The fourth-order valence-corrected chi connectivity index (χ4v) is 2.53. The van der Waals surface area contributed by atoms with E-state index in [4.69, 9.17) is 0 Å². The summed E-state index contributed by atoms with van der Waals surface area (Å²) >= 11 is 0. The first-order valence-corrected chi connectivity index (χ1v) is 8.00. The first kappa shape index (κ1) is 17.1. The van der Waals surface area contributed by atoms with E-state index in [1.807, 2.05) is 39.3 Å². The van der Waals surface area contributed by atoms with E-state index >= 15 is 0 Å². The lowest BCUT2D eigenvalue weighted by Gasteiger charge is -2.25. The van der Waals surface area contributed by atoms with Gasteiger partial charge in [0.15, 0.2) is 0 Å². The first-order valence-electron chi connectivity index (χ1n) is 8.00. The van der Waals surface area contributed by atoms with Gasteiger partial charge in [-0.2, -0.15) is 0 Å². The molecule has 0 saturated carbocycles. The van der Waals surface area contributed by atoms with Gasteiger partial charge in [-0.25, -0.2) is 4.79 Å². The van der Waals surface area contributed by atoms with Crippen LogP contribution < -0.4 is 5.32 Å². The number of carbonyl (C=O) groups excluding carboxylic acids is 1. The third-order valence-electron chi connectivity index (χ3n) is 4.30. The van der Waals surface area contributed by atoms with E-state index in [-0.39, 0.29) is 12.1 Å². The zero-order chi connectivity index (χ0) is 16.8. The van der Waals surface area contributed by atoms with Crippen molar-refractivity contribution in [2.45, 2.75) is 32.7 Å². The molecule has 0 aliphatic carbocycles. The minimum Gasteiger partial charge on any atom is -0.354 e. The molecule has 0 aromatic carbocycles. The maximum atomic E-state index is 12.3. The fraction of sp³-hybridized carbons (Fsp3) is 0.444. The molecule has 0 aliphatic heterocycles. The van der Waals surface area contributed by atoms with Crippen LogP contribution in [-0.2, 0) is 19.9 Å². The Morgan fingerprint density at radius 3 is 2.83 bits per heavy atom. The normalized spacial score (nSPS) is 12.0. The highest BCUT2D eigenvalue weighted by Crippen LogP contribution is 2.09. The number of hydrogen-bond donors (Lipinski definition) is 1. The van der Waals surface area contributed by atoms with Gasteiger partial charge in [-0.05, 0) is 37.6 Å². The maximum absolute atomic E-state index is 12.3. The highest BCUT2D eigenvalue weighted by molar-refractivity contribution is 5.74. The molecule has 2 amide bonds. The number of nitrogens with zero attached hydrogens (tertiary/aromatic N) is 3. The molecule has 0 bridgehead atoms. The van der Waals surface area contributed by atoms with Crippen molar-refractivity contribution in [3.8, 4) is 0 Å². The quantitative estimate of drug-likeness (QED) is 0.891. The van der Waals surface area contributed by atoms with Crippen LogP contribution in [0.3, 0.4) is 0 Å². The lowest BCUT2D eigenvalue weighted by molar-refractivity contribution is 0.193. The van der Waals surface area contributed by atoms with Gasteiger partial charge in [0.25, 0.3) is 0 Å². The number of rotatable bonds is 6. The van der Waals surface area contributed by atoms with Gasteiger partial charge in [-0.1, -0.05) is 6.07 Å². The largest absolute Gasteiger partial charge is 0.354 e. The predicted molar refractivity (Wildman–Crippen MR) is 92.4 cm³/mol. The molecule has 0 spiro atoms. The van der Waals surface area contributed by atoms with Crippen molar-refractivity contribution in [1.82, 2.24) is 19.8 Å². The molecule has 23 heavy (non-hydrogen) atoms. The number of nitrogens with one attached hydrogen (secondary N) is 1. The van der Waals surface area contributed by atoms with Crippen molar-refractivity contribution in [2.75, 3.05) is 13.6 Å². The zero-order valence-electron chi connectivity index (χ0n) is 14.4. The molecular weight excluding hydrogens is 288 g/mol. The van der Waals surface area contributed by atoms with Gasteiger partial charge >= 0.3 is 6.03 Å². The van der Waals surface area contributed by atoms with Crippen LogP contribution in [0.1, 0.15) is 23.9 Å². The van der Waals surface area contributed by atoms with Crippen LogP contribution in [0, 0.1) is 6.92 Å². The fourth-order valence-electron chi connectivity index (χ4n) is 2.53. The molecule has 0 saturated heterocycles. The second kappa shape index (κ2) is 7.81. The summed E-state index contributed by atoms with van der Waals surface area (Å²) in [4.78, 5) is 18.4. The van der Waals surface area contributed by atoms with E-state index in [1.165, 1.54) is 5.69 Å². The van der Waals surface area contributed by atoms with Crippen molar-refractivity contribution in [3.05, 3.63) is 53.6 Å². The SMILES string of the molecule is Cc1cccnc1CC(C)N(C)C(=O)NCCc1cccn1C. The summed E-state index contributed by atoms with van der Waals surface area (Å²) in [5.74, 6) is 0. The Morgan fingerprint density at radius 1 is 1.39 bits per heavy atom. The molecule has 1 atom stereocenters. The summed E-state index contributed by atoms with van der Waals surface area (Å²) in [5.41, 5.74) is 3.42. The summed E-state index contributed by atoms with van der Waals surface area (Å²) in [6.45, 7) is 4.73. The Hall–Kier alpha value is -2.30. The number of carbonyl (C=O) groups is 1. The van der Waals surface area contributed by atoms with Crippen molar-refractivity contribution in [3.63, 3.8) is 0 Å². The van der Waals surface area contributed by atoms with E-state index in [9.17, 15) is 4.79 Å². The van der Waals surface area contributed by atoms with Crippen molar-refractivity contribution >= 4 is 6.03 Å². The number of aryl methyl sites for hydroxylation is 2. The topological polar surface area (TPSA) is 50.2 Å². The number of urea groups is 1. The number of aromatic nitrogens is 2. The minimum absolute atomic E-state index is 0.0414. The van der Waals surface area contributed by atoms with Crippen LogP contribution in [-0.4, -0.2) is 40.1 Å². The molecule has 0 aliphatic rings. The second-order valence-corrected chi connectivity index (χ2v) is 6.02. The van der Waals surface area contributed by atoms with Crippen LogP contribution in [0.5, 0.6) is 0 Å². The van der Waals surface area contributed by atoms with E-state index in [0.29, 0.717) is 6.54 Å². The van der Waals surface area contributed by atoms with Crippen LogP contribution in [0.15, 0.2) is 36.7 Å². The Morgan fingerprint density at radius 2 is 2.17 bits per heavy atom. The number of pyridine rings is 1. The molecule has 0 fully saturated rings. The molecule has 2 aromatic heterocycles. The van der Waals surface area contributed by atoms with Crippen molar-refractivity contribution in [1.29, 1.82) is 0 Å². The Labute approximate surface area is 138 Å². The summed E-state index contributed by atoms with van der Waals surface area (Å²) in [6, 6.07) is 8.13. The van der Waals surface area contributed by atoms with Gasteiger partial charge in [-0.3, -0.25) is 4.98 Å². The van der Waals surface area contributed by atoms with E-state index < -0.39 is 0 Å². The van der Waals surface area contributed by atoms with Gasteiger partial charge in [0, 0.05) is 63.3 Å². The zero-order valence-corrected chi connectivity index (χ0v) is 14.4. The molecule has 124 valence electrons. The lowest BCUT2D eigenvalue weighted by atomic mass is 10.1. The summed E-state index contributed by atoms with van der Waals surface area (Å²) in [5, 5.41) is 2.98. The van der Waals surface area contributed by atoms with Crippen molar-refractivity contribution in [2.24, 2.45) is 7.05 Å². The predicted octanol–water partition coefficient (Wildman–Crippen LogP) is 2.54. The van der Waals surface area contributed by atoms with E-state index in [0.717, 1.165) is 24.1 Å². The minimum atomic E-state index is -0.0414. The van der Waals surface area contributed by atoms with Gasteiger partial charge in [0.05, 0.1) is 0 Å². The third-order valence-corrected chi connectivity index (χ3v) is 4.30. The molecule has 5 heteroatoms. The van der Waals surface area contributed by atoms with Gasteiger partial charge < -0.3 is 14.8 Å². The smallest absolute Gasteiger partial charge is 0.317 e. The standard InChI is InChI=1S/C18H26N4O/c1-14-7-5-10-19-17(14)13-15(2)22(4)18(23)20-11-9-16-8-6-12-21(16)3/h5-8,10,12,15H,9,11,13H2,1-4H3,(H,20,23). The van der Waals surface area contributed by atoms with E-state index in [1.54, 1.807) is 11.1 Å². The Bertz CT molecular complexity index is 650. The lowest BCUT2D eigenvalue weighted by Crippen LogP contribution is -2.44. The van der Waals surface area contributed by atoms with Gasteiger partial charge in [0.2, 0.25) is 0 Å². The average molecular weight is 314 g/mol. The number of hydrogen-bond acceptors (Lipinski definition) is 2. The summed E-state index contributed by atoms with van der Waals surface area (Å²) < 4.78 is 2.07. The molecule has 2 heterocycles. The monoisotopic (exact) mass is 314 g/mol. The second-order valence-electron chi connectivity index (χ2n) is 6.02. The highest BCUT2D eigenvalue weighted by Gasteiger charge is 2.17. The Kier molecular flexibility index (Phi) is 5.79. The maximum Gasteiger partial charge on any atom is 0.317 e. The van der Waals surface area contributed by atoms with Crippen LogP contribution in [0.25, 0.3) is 0 Å². The molecule has 2 rings (SSSR count). The summed E-state index contributed by atoms with van der Waals surface area (Å²) in [6.07, 6.45) is 5.40. The molecule has 5 nitrogen and oxygen atoms in total. The van der Waals surface area contributed by atoms with Crippen LogP contribution >= 0.6 is 0 Å². The Balaban J connectivity index is 1.81. The molecule has 0 radical (unpaired) electrons.